The van der Waals surface area contributed by atoms with Crippen LogP contribution in [0.2, 0.25) is 0 Å². The predicted molar refractivity (Wildman–Crippen MR) is 171 cm³/mol. The number of methoxy groups -OCH3 is 1. The number of benzene rings is 1. The van der Waals surface area contributed by atoms with Crippen molar-refractivity contribution in [3.05, 3.63) is 77.0 Å². The summed E-state index contributed by atoms with van der Waals surface area (Å²) in [6, 6.07) is 4.54. The molecular formula is C31H48F2N2O3S2. The van der Waals surface area contributed by atoms with Crippen LogP contribution >= 0.6 is 11.8 Å². The SMILES string of the molecule is C=C(Nc1ccc(F)c(C(C)CS(=O)(=O)C(C)(C)C(=N)CC)c1)/C(C)=C/C=C(\C=C(C)CC)OC.CSCCF. The number of halogens is 2. The van der Waals surface area contributed by atoms with Crippen molar-refractivity contribution in [3.8, 4) is 0 Å². The summed E-state index contributed by atoms with van der Waals surface area (Å²) in [5.41, 5.74) is 3.75. The molecule has 0 saturated carbocycles. The first-order chi connectivity index (χ1) is 18.6. The minimum Gasteiger partial charge on any atom is -0.497 e. The van der Waals surface area contributed by atoms with Crippen LogP contribution in [-0.4, -0.2) is 50.4 Å². The zero-order valence-corrected chi connectivity index (χ0v) is 27.2. The lowest BCUT2D eigenvalue weighted by Gasteiger charge is -2.27. The number of hydrogen-bond acceptors (Lipinski definition) is 6. The maximum atomic E-state index is 14.7. The molecule has 0 aliphatic carbocycles. The number of allylic oxidation sites excluding steroid dienone is 5. The minimum atomic E-state index is -3.67. The molecule has 1 rings (SSSR count). The van der Waals surface area contributed by atoms with E-state index >= 15 is 0 Å². The van der Waals surface area contributed by atoms with Crippen LogP contribution in [0.3, 0.4) is 0 Å². The summed E-state index contributed by atoms with van der Waals surface area (Å²) in [5.74, 6) is 0.0640. The third-order valence-electron chi connectivity index (χ3n) is 6.59. The van der Waals surface area contributed by atoms with Gasteiger partial charge in [-0.1, -0.05) is 39.0 Å². The number of ether oxygens (including phenoxy) is 1. The highest BCUT2D eigenvalue weighted by Gasteiger charge is 2.38. The zero-order chi connectivity index (χ0) is 31.1. The Morgan fingerprint density at radius 3 is 2.33 bits per heavy atom. The third-order valence-corrected chi connectivity index (χ3v) is 9.89. The second-order valence-corrected chi connectivity index (χ2v) is 13.6. The highest BCUT2D eigenvalue weighted by Crippen LogP contribution is 2.30. The van der Waals surface area contributed by atoms with Crippen molar-refractivity contribution in [2.45, 2.75) is 72.0 Å². The molecule has 1 aromatic rings. The molecule has 0 fully saturated rings. The van der Waals surface area contributed by atoms with Crippen LogP contribution < -0.4 is 5.32 Å². The molecule has 0 heterocycles. The quantitative estimate of drug-likeness (QED) is 0.120. The lowest BCUT2D eigenvalue weighted by Crippen LogP contribution is -2.42. The van der Waals surface area contributed by atoms with Gasteiger partial charge in [0.1, 0.15) is 16.3 Å². The van der Waals surface area contributed by atoms with Crippen LogP contribution in [0.5, 0.6) is 0 Å². The summed E-state index contributed by atoms with van der Waals surface area (Å²) in [6.07, 6.45) is 8.89. The van der Waals surface area contributed by atoms with Crippen molar-refractivity contribution in [1.82, 2.24) is 0 Å². The Hall–Kier alpha value is -2.39. The van der Waals surface area contributed by atoms with Gasteiger partial charge >= 0.3 is 0 Å². The van der Waals surface area contributed by atoms with Gasteiger partial charge in [0.15, 0.2) is 9.84 Å². The molecule has 5 nitrogen and oxygen atoms in total. The molecular weight excluding hydrogens is 550 g/mol. The van der Waals surface area contributed by atoms with Gasteiger partial charge in [-0.25, -0.2) is 12.8 Å². The Kier molecular flexibility index (Phi) is 17.0. The van der Waals surface area contributed by atoms with Gasteiger partial charge in [0.2, 0.25) is 0 Å². The number of nitrogens with one attached hydrogen (secondary N) is 2. The number of thioether (sulfide) groups is 1. The molecule has 0 amide bonds. The van der Waals surface area contributed by atoms with Gasteiger partial charge < -0.3 is 15.5 Å². The Labute approximate surface area is 245 Å². The van der Waals surface area contributed by atoms with Gasteiger partial charge in [-0.05, 0) is 94.2 Å². The highest BCUT2D eigenvalue weighted by molar-refractivity contribution is 7.98. The summed E-state index contributed by atoms with van der Waals surface area (Å²) in [5, 5.41) is 11.2. The number of sulfone groups is 1. The molecule has 40 heavy (non-hydrogen) atoms. The standard InChI is InChI=1S/C28H41FN2O3S.C3H7FS/c1-10-19(3)16-24(34-9)14-12-20(4)22(6)31-23-13-15-26(29)25(17-23)21(5)18-35(32,33)28(7,8)27(30)11-2;1-5-3-2-4/h12-17,21,30-31H,6,10-11,18H2,1-5,7-9H3;2-3H2,1H3/b19-16?,20-12+,24-14+,30-27?;. The molecule has 9 heteroatoms. The van der Waals surface area contributed by atoms with Crippen LogP contribution in [0, 0.1) is 11.2 Å². The summed E-state index contributed by atoms with van der Waals surface area (Å²) >= 11 is 1.53. The molecule has 0 aliphatic rings. The van der Waals surface area contributed by atoms with Crippen molar-refractivity contribution < 1.29 is 21.9 Å². The maximum Gasteiger partial charge on any atom is 0.161 e. The van der Waals surface area contributed by atoms with Crippen molar-refractivity contribution in [2.75, 3.05) is 36.9 Å². The summed E-state index contributed by atoms with van der Waals surface area (Å²) < 4.78 is 55.8. The number of rotatable bonds is 15. The number of alkyl halides is 1. The topological polar surface area (TPSA) is 79.3 Å². The Morgan fingerprint density at radius 2 is 1.85 bits per heavy atom. The van der Waals surface area contributed by atoms with E-state index in [0.29, 0.717) is 29.1 Å². The Balaban J connectivity index is 0.00000277. The molecule has 0 spiro atoms. The van der Waals surface area contributed by atoms with Crippen LogP contribution in [0.15, 0.2) is 65.6 Å². The molecule has 0 aromatic heterocycles. The van der Waals surface area contributed by atoms with Crippen molar-refractivity contribution in [2.24, 2.45) is 0 Å². The minimum absolute atomic E-state index is 0.144. The molecule has 0 aliphatic heterocycles. The first kappa shape index (κ1) is 37.6. The van der Waals surface area contributed by atoms with E-state index in [1.165, 1.54) is 37.2 Å². The van der Waals surface area contributed by atoms with Gasteiger partial charge in [-0.3, -0.25) is 4.39 Å². The molecule has 1 unspecified atom stereocenters. The van der Waals surface area contributed by atoms with Gasteiger partial charge in [0, 0.05) is 22.8 Å². The normalized spacial score (nSPS) is 13.7. The largest absolute Gasteiger partial charge is 0.497 e. The van der Waals surface area contributed by atoms with Gasteiger partial charge in [-0.15, -0.1) is 0 Å². The van der Waals surface area contributed by atoms with E-state index in [4.69, 9.17) is 10.1 Å². The van der Waals surface area contributed by atoms with Crippen LogP contribution in [0.4, 0.5) is 14.5 Å². The molecule has 0 radical (unpaired) electrons. The average Bonchev–Trinajstić information content (AvgIpc) is 2.91. The van der Waals surface area contributed by atoms with E-state index < -0.39 is 26.3 Å². The summed E-state index contributed by atoms with van der Waals surface area (Å²) in [4.78, 5) is 0. The summed E-state index contributed by atoms with van der Waals surface area (Å²) in [7, 11) is -2.05. The fourth-order valence-corrected chi connectivity index (χ4v) is 5.35. The third kappa shape index (κ3) is 12.0. The average molecular weight is 599 g/mol. The van der Waals surface area contributed by atoms with Gasteiger partial charge in [-0.2, -0.15) is 11.8 Å². The monoisotopic (exact) mass is 598 g/mol. The summed E-state index contributed by atoms with van der Waals surface area (Å²) in [6.45, 7) is 16.4. The van der Waals surface area contributed by atoms with Crippen molar-refractivity contribution >= 4 is 33.0 Å². The van der Waals surface area contributed by atoms with Crippen LogP contribution in [-0.2, 0) is 14.6 Å². The molecule has 2 N–H and O–H groups in total. The highest BCUT2D eigenvalue weighted by atomic mass is 32.2. The van der Waals surface area contributed by atoms with E-state index in [1.54, 1.807) is 33.1 Å². The molecule has 1 atom stereocenters. The lowest BCUT2D eigenvalue weighted by molar-refractivity contribution is 0.306. The second kappa shape index (κ2) is 18.1. The number of hydrogen-bond donors (Lipinski definition) is 2. The molecule has 0 saturated heterocycles. The molecule has 1 aromatic carbocycles. The fourth-order valence-electron chi connectivity index (χ4n) is 3.42. The van der Waals surface area contributed by atoms with Gasteiger partial charge in [0.25, 0.3) is 0 Å². The van der Waals surface area contributed by atoms with Crippen molar-refractivity contribution in [1.29, 1.82) is 5.41 Å². The predicted octanol–water partition coefficient (Wildman–Crippen LogP) is 8.63. The lowest BCUT2D eigenvalue weighted by atomic mass is 10.0. The van der Waals surface area contributed by atoms with E-state index in [0.717, 1.165) is 17.8 Å². The van der Waals surface area contributed by atoms with Crippen molar-refractivity contribution in [3.63, 3.8) is 0 Å². The first-order valence-electron chi connectivity index (χ1n) is 13.3. The fraction of sp³-hybridized carbons (Fsp3) is 0.516. The van der Waals surface area contributed by atoms with E-state index in [2.05, 4.69) is 18.8 Å². The van der Waals surface area contributed by atoms with E-state index in [-0.39, 0.29) is 18.1 Å². The Morgan fingerprint density at radius 1 is 1.23 bits per heavy atom. The van der Waals surface area contributed by atoms with Gasteiger partial charge in [0.05, 0.1) is 19.5 Å². The van der Waals surface area contributed by atoms with Crippen LogP contribution in [0.25, 0.3) is 0 Å². The maximum absolute atomic E-state index is 14.7. The van der Waals surface area contributed by atoms with E-state index in [9.17, 15) is 17.2 Å². The van der Waals surface area contributed by atoms with Crippen LogP contribution in [0.1, 0.15) is 72.8 Å². The second-order valence-electron chi connectivity index (χ2n) is 10.0. The molecule has 226 valence electrons. The zero-order valence-electron chi connectivity index (χ0n) is 25.6. The smallest absolute Gasteiger partial charge is 0.161 e. The molecule has 0 bridgehead atoms. The Bertz CT molecular complexity index is 1180. The first-order valence-corrected chi connectivity index (χ1v) is 16.4. The number of anilines is 1. The van der Waals surface area contributed by atoms with E-state index in [1.807, 2.05) is 38.3 Å².